The Hall–Kier alpha value is -2.57. The van der Waals surface area contributed by atoms with Gasteiger partial charge in [0, 0.05) is 6.42 Å². The van der Waals surface area contributed by atoms with E-state index in [9.17, 15) is 24.6 Å². The van der Waals surface area contributed by atoms with Crippen LogP contribution in [0.4, 0.5) is 4.79 Å². The van der Waals surface area contributed by atoms with Crippen LogP contribution in [-0.4, -0.2) is 56.3 Å². The molecule has 8 N–H and O–H groups in total. The number of aromatic nitrogens is 2. The van der Waals surface area contributed by atoms with Crippen molar-refractivity contribution in [1.29, 1.82) is 0 Å². The van der Waals surface area contributed by atoms with Crippen LogP contribution in [0.3, 0.4) is 0 Å². The topological polar surface area (TPSA) is 207 Å². The van der Waals surface area contributed by atoms with Gasteiger partial charge in [0.15, 0.2) is 11.6 Å². The van der Waals surface area contributed by atoms with E-state index in [2.05, 4.69) is 20.8 Å². The van der Waals surface area contributed by atoms with Crippen LogP contribution in [0.25, 0.3) is 0 Å². The number of nitrogens with zero attached hydrogens (tertiary/aromatic N) is 2. The largest absolute Gasteiger partial charge is 0.391 e. The van der Waals surface area contributed by atoms with Gasteiger partial charge in [0.25, 0.3) is 0 Å². The van der Waals surface area contributed by atoms with E-state index in [1.54, 1.807) is 0 Å². The van der Waals surface area contributed by atoms with Gasteiger partial charge in [-0.15, -0.1) is 0 Å². The van der Waals surface area contributed by atoms with Crippen LogP contribution >= 0.6 is 0 Å². The number of primary amides is 1. The second-order valence-corrected chi connectivity index (χ2v) is 6.26. The molecule has 0 saturated heterocycles. The Morgan fingerprint density at radius 1 is 1.19 bits per heavy atom. The van der Waals surface area contributed by atoms with Gasteiger partial charge in [-0.25, -0.2) is 4.79 Å². The van der Waals surface area contributed by atoms with Crippen molar-refractivity contribution in [2.24, 2.45) is 11.5 Å². The minimum Gasteiger partial charge on any atom is -0.391 e. The summed E-state index contributed by atoms with van der Waals surface area (Å²) in [5, 5.41) is 27.6. The number of carbonyl (C=O) groups excluding carboxylic acids is 3. The number of Topliss-reactive ketones (excluding diaryl/α,β-unsaturated/α-hetero) is 1. The molecule has 1 aromatic heterocycles. The van der Waals surface area contributed by atoms with E-state index in [1.165, 1.54) is 20.8 Å². The van der Waals surface area contributed by atoms with Crippen molar-refractivity contribution in [2.75, 3.05) is 0 Å². The van der Waals surface area contributed by atoms with Crippen LogP contribution in [0.15, 0.2) is 4.52 Å². The van der Waals surface area contributed by atoms with Crippen LogP contribution in [0.5, 0.6) is 0 Å². The maximum absolute atomic E-state index is 12.2. The van der Waals surface area contributed by atoms with Crippen molar-refractivity contribution in [3.63, 3.8) is 0 Å². The number of ketones is 1. The average Bonchev–Trinajstić information content (AvgIpc) is 3.04. The Balaban J connectivity index is 2.93. The van der Waals surface area contributed by atoms with Crippen LogP contribution in [0.2, 0.25) is 0 Å². The number of carbonyl (C=O) groups is 3. The molecule has 0 bridgehead atoms. The van der Waals surface area contributed by atoms with E-state index in [0.717, 1.165) is 0 Å². The second kappa shape index (κ2) is 9.94. The van der Waals surface area contributed by atoms with Gasteiger partial charge < -0.3 is 36.8 Å². The first-order chi connectivity index (χ1) is 12.5. The summed E-state index contributed by atoms with van der Waals surface area (Å²) < 4.78 is 5.07. The number of hydrogen-bond acceptors (Lipinski definition) is 9. The van der Waals surface area contributed by atoms with Crippen LogP contribution in [0.1, 0.15) is 57.4 Å². The molecule has 27 heavy (non-hydrogen) atoms. The van der Waals surface area contributed by atoms with Gasteiger partial charge in [-0.1, -0.05) is 5.16 Å². The maximum atomic E-state index is 12.2. The fourth-order valence-electron chi connectivity index (χ4n) is 2.19. The summed E-state index contributed by atoms with van der Waals surface area (Å²) in [6.45, 7) is 4.04. The second-order valence-electron chi connectivity index (χ2n) is 6.26. The highest BCUT2D eigenvalue weighted by molar-refractivity contribution is 5.87. The summed E-state index contributed by atoms with van der Waals surface area (Å²) in [5.41, 5.74) is 10.9. The normalized spacial score (nSPS) is 16.7. The molecule has 3 amide bonds. The van der Waals surface area contributed by atoms with Gasteiger partial charge in [-0.05, 0) is 27.2 Å². The summed E-state index contributed by atoms with van der Waals surface area (Å²) >= 11 is 0. The van der Waals surface area contributed by atoms with Gasteiger partial charge in [0.1, 0.15) is 12.1 Å². The summed E-state index contributed by atoms with van der Waals surface area (Å²) in [5.74, 6) is -1.06. The predicted octanol–water partition coefficient (Wildman–Crippen LogP) is -1.61. The zero-order valence-corrected chi connectivity index (χ0v) is 15.4. The standard InChI is InChI=1S/C15H26N6O6/c1-6(22)11(17)13-20-14(27-21-13)9(4-5-10(16)25)18-15(26)19-12(7(2)23)8(3)24/h6-7,9,11-12,22-23H,4-5,17H2,1-3H3,(H2,16,25)(H2,18,19,26)/t6?,7?,9-,11-,12-/m0/s1. The number of rotatable bonds is 10. The highest BCUT2D eigenvalue weighted by Gasteiger charge is 2.27. The van der Waals surface area contributed by atoms with Gasteiger partial charge >= 0.3 is 6.03 Å². The van der Waals surface area contributed by atoms with Crippen molar-refractivity contribution in [3.05, 3.63) is 11.7 Å². The van der Waals surface area contributed by atoms with E-state index in [0.29, 0.717) is 0 Å². The van der Waals surface area contributed by atoms with Crippen molar-refractivity contribution >= 4 is 17.7 Å². The zero-order valence-electron chi connectivity index (χ0n) is 15.4. The summed E-state index contributed by atoms with van der Waals surface area (Å²) in [7, 11) is 0. The number of urea groups is 1. The molecule has 0 aliphatic rings. The van der Waals surface area contributed by atoms with Gasteiger partial charge in [0.2, 0.25) is 11.8 Å². The molecule has 0 spiro atoms. The molecular formula is C15H26N6O6. The Morgan fingerprint density at radius 3 is 2.30 bits per heavy atom. The van der Waals surface area contributed by atoms with Crippen molar-refractivity contribution < 1.29 is 29.1 Å². The molecule has 1 aromatic rings. The molecule has 0 radical (unpaired) electrons. The molecule has 1 rings (SSSR count). The van der Waals surface area contributed by atoms with Crippen molar-refractivity contribution in [3.8, 4) is 0 Å². The molecule has 0 fully saturated rings. The van der Waals surface area contributed by atoms with Gasteiger partial charge in [-0.2, -0.15) is 4.98 Å². The lowest BCUT2D eigenvalue weighted by molar-refractivity contribution is -0.121. The minimum absolute atomic E-state index is 0.0249. The first-order valence-electron chi connectivity index (χ1n) is 8.33. The number of aliphatic hydroxyl groups is 2. The molecule has 0 aliphatic heterocycles. The molecule has 2 unspecified atom stereocenters. The van der Waals surface area contributed by atoms with E-state index in [1.807, 2.05) is 0 Å². The lowest BCUT2D eigenvalue weighted by Gasteiger charge is -2.21. The van der Waals surface area contributed by atoms with Crippen LogP contribution in [-0.2, 0) is 9.59 Å². The lowest BCUT2D eigenvalue weighted by atomic mass is 10.1. The minimum atomic E-state index is -1.11. The molecule has 152 valence electrons. The van der Waals surface area contributed by atoms with Crippen LogP contribution in [0, 0.1) is 0 Å². The maximum Gasteiger partial charge on any atom is 0.316 e. The Kier molecular flexibility index (Phi) is 8.28. The molecule has 0 saturated carbocycles. The highest BCUT2D eigenvalue weighted by atomic mass is 16.5. The molecule has 1 heterocycles. The Labute approximate surface area is 155 Å². The number of aliphatic hydroxyl groups excluding tert-OH is 2. The monoisotopic (exact) mass is 386 g/mol. The lowest BCUT2D eigenvalue weighted by Crippen LogP contribution is -2.51. The van der Waals surface area contributed by atoms with E-state index in [4.69, 9.17) is 16.0 Å². The quantitative estimate of drug-likeness (QED) is 0.273. The fourth-order valence-corrected chi connectivity index (χ4v) is 2.19. The Bertz CT molecular complexity index is 661. The van der Waals surface area contributed by atoms with Gasteiger partial charge in [-0.3, -0.25) is 9.59 Å². The number of nitrogens with one attached hydrogen (secondary N) is 2. The number of amides is 3. The third kappa shape index (κ3) is 6.92. The zero-order chi connectivity index (χ0) is 20.7. The van der Waals surface area contributed by atoms with E-state index >= 15 is 0 Å². The molecule has 5 atom stereocenters. The number of nitrogens with two attached hydrogens (primary N) is 2. The van der Waals surface area contributed by atoms with Gasteiger partial charge in [0.05, 0.1) is 18.2 Å². The molecule has 0 aliphatic carbocycles. The van der Waals surface area contributed by atoms with E-state index < -0.39 is 48.1 Å². The smallest absolute Gasteiger partial charge is 0.316 e. The molecule has 12 heteroatoms. The SMILES string of the molecule is CC(=O)[C@@H](NC(=O)N[C@@H](CCC(N)=O)c1nc([C@@H](N)C(C)O)no1)C(C)O. The highest BCUT2D eigenvalue weighted by Crippen LogP contribution is 2.19. The van der Waals surface area contributed by atoms with Crippen LogP contribution < -0.4 is 22.1 Å². The fraction of sp³-hybridized carbons (Fsp3) is 0.667. The summed E-state index contributed by atoms with van der Waals surface area (Å²) in [6, 6.07) is -3.69. The Morgan fingerprint density at radius 2 is 1.81 bits per heavy atom. The summed E-state index contributed by atoms with van der Waals surface area (Å²) in [6.07, 6.45) is -2.07. The average molecular weight is 386 g/mol. The third-order valence-corrected chi connectivity index (χ3v) is 3.77. The van der Waals surface area contributed by atoms with E-state index in [-0.39, 0.29) is 24.6 Å². The molecule has 12 nitrogen and oxygen atoms in total. The predicted molar refractivity (Wildman–Crippen MR) is 91.9 cm³/mol. The summed E-state index contributed by atoms with van der Waals surface area (Å²) in [4.78, 5) is 38.8. The van der Waals surface area contributed by atoms with Crippen molar-refractivity contribution in [2.45, 2.75) is 63.9 Å². The number of hydrogen-bond donors (Lipinski definition) is 6. The first kappa shape index (κ1) is 22.5. The van der Waals surface area contributed by atoms with Crippen molar-refractivity contribution in [1.82, 2.24) is 20.8 Å². The third-order valence-electron chi connectivity index (χ3n) is 3.77. The molecular weight excluding hydrogens is 360 g/mol. The molecule has 0 aromatic carbocycles. The first-order valence-corrected chi connectivity index (χ1v) is 8.33.